The number of nitrogens with zero attached hydrogens (tertiary/aromatic N) is 3. The van der Waals surface area contributed by atoms with Crippen LogP contribution in [0.25, 0.3) is 11.0 Å². The maximum Gasteiger partial charge on any atom is 0.294 e. The maximum absolute atomic E-state index is 13.1. The van der Waals surface area contributed by atoms with Crippen molar-refractivity contribution in [3.05, 3.63) is 23.3 Å². The van der Waals surface area contributed by atoms with Gasteiger partial charge in [-0.05, 0) is 56.2 Å². The Hall–Kier alpha value is -2.12. The highest BCUT2D eigenvalue weighted by atomic mass is 16.5. The number of methoxy groups -OCH3 is 2. The van der Waals surface area contributed by atoms with Gasteiger partial charge in [0.1, 0.15) is 0 Å². The highest BCUT2D eigenvalue weighted by Crippen LogP contribution is 2.25. The Balaban J connectivity index is 1.31. The van der Waals surface area contributed by atoms with Gasteiger partial charge in [-0.3, -0.25) is 4.79 Å². The molecule has 0 radical (unpaired) electrons. The van der Waals surface area contributed by atoms with Gasteiger partial charge in [0.2, 0.25) is 5.91 Å². The fourth-order valence-electron chi connectivity index (χ4n) is 5.24. The van der Waals surface area contributed by atoms with E-state index >= 15 is 0 Å². The molecule has 3 heterocycles. The summed E-state index contributed by atoms with van der Waals surface area (Å²) in [6.45, 7) is 8.08. The average molecular weight is 429 g/mol. The summed E-state index contributed by atoms with van der Waals surface area (Å²) in [4.78, 5) is 25.5. The zero-order chi connectivity index (χ0) is 22.0. The highest BCUT2D eigenvalue weighted by molar-refractivity contribution is 5.81. The van der Waals surface area contributed by atoms with Gasteiger partial charge in [-0.1, -0.05) is 13.0 Å². The van der Waals surface area contributed by atoms with E-state index in [2.05, 4.69) is 45.7 Å². The van der Waals surface area contributed by atoms with E-state index in [0.717, 1.165) is 80.4 Å². The molecule has 2 aliphatic rings. The molecule has 0 unspecified atom stereocenters. The van der Waals surface area contributed by atoms with Gasteiger partial charge in [-0.15, -0.1) is 0 Å². The molecule has 0 bridgehead atoms. The van der Waals surface area contributed by atoms with Crippen LogP contribution >= 0.6 is 0 Å². The molecule has 1 aromatic carbocycles. The van der Waals surface area contributed by atoms with Gasteiger partial charge in [0.05, 0.1) is 24.2 Å². The van der Waals surface area contributed by atoms with Gasteiger partial charge in [0.15, 0.2) is 0 Å². The Morgan fingerprint density at radius 3 is 2.52 bits per heavy atom. The Kier molecular flexibility index (Phi) is 6.82. The normalized spacial score (nSPS) is 20.3. The first-order valence-electron chi connectivity index (χ1n) is 11.6. The summed E-state index contributed by atoms with van der Waals surface area (Å²) < 4.78 is 10.7. The SMILES string of the molecule is COc1nc2c(C)cc(C[C@@H](C)C(=O)N3CCC(N4CCC(OC)CC4)CC3)cc2[nH]1. The summed E-state index contributed by atoms with van der Waals surface area (Å²) in [7, 11) is 3.43. The number of likely N-dealkylation sites (tertiary alicyclic amines) is 2. The van der Waals surface area contributed by atoms with E-state index in [1.807, 2.05) is 7.11 Å². The van der Waals surface area contributed by atoms with Crippen molar-refractivity contribution in [1.82, 2.24) is 19.8 Å². The van der Waals surface area contributed by atoms with E-state index in [1.54, 1.807) is 7.11 Å². The Morgan fingerprint density at radius 1 is 1.16 bits per heavy atom. The molecule has 170 valence electrons. The van der Waals surface area contributed by atoms with Crippen LogP contribution in [0.15, 0.2) is 12.1 Å². The van der Waals surface area contributed by atoms with Crippen LogP contribution < -0.4 is 4.74 Å². The summed E-state index contributed by atoms with van der Waals surface area (Å²) in [5, 5.41) is 0. The third kappa shape index (κ3) is 4.88. The predicted molar refractivity (Wildman–Crippen MR) is 121 cm³/mol. The van der Waals surface area contributed by atoms with E-state index < -0.39 is 0 Å². The predicted octanol–water partition coefficient (Wildman–Crippen LogP) is 3.16. The van der Waals surface area contributed by atoms with Crippen LogP contribution in [0.5, 0.6) is 6.01 Å². The molecule has 4 rings (SSSR count). The molecule has 2 aromatic rings. The molecule has 7 heteroatoms. The summed E-state index contributed by atoms with van der Waals surface area (Å²) in [6.07, 6.45) is 5.56. The second-order valence-electron chi connectivity index (χ2n) is 9.19. The Morgan fingerprint density at radius 2 is 1.87 bits per heavy atom. The molecule has 1 amide bonds. The smallest absolute Gasteiger partial charge is 0.294 e. The van der Waals surface area contributed by atoms with Crippen LogP contribution in [0.4, 0.5) is 0 Å². The molecule has 2 aliphatic heterocycles. The monoisotopic (exact) mass is 428 g/mol. The van der Waals surface area contributed by atoms with Gasteiger partial charge < -0.3 is 24.3 Å². The van der Waals surface area contributed by atoms with Gasteiger partial charge >= 0.3 is 0 Å². The second-order valence-corrected chi connectivity index (χ2v) is 9.19. The average Bonchev–Trinajstić information content (AvgIpc) is 3.22. The van der Waals surface area contributed by atoms with Crippen LogP contribution in [0, 0.1) is 12.8 Å². The molecule has 1 N–H and O–H groups in total. The van der Waals surface area contributed by atoms with Crippen LogP contribution in [-0.4, -0.2) is 78.2 Å². The molecule has 1 aromatic heterocycles. The van der Waals surface area contributed by atoms with Crippen molar-refractivity contribution in [2.75, 3.05) is 40.4 Å². The van der Waals surface area contributed by atoms with Crippen molar-refractivity contribution in [3.8, 4) is 6.01 Å². The molecule has 2 saturated heterocycles. The lowest BCUT2D eigenvalue weighted by atomic mass is 9.95. The standard InChI is InChI=1S/C24H36N4O3/c1-16-13-18(15-21-22(16)26-24(25-21)31-4)14-17(2)23(29)28-9-5-19(6-10-28)27-11-7-20(30-3)8-12-27/h13,15,17,19-20H,5-12,14H2,1-4H3,(H,25,26)/t17-/m1/s1. The van der Waals surface area contributed by atoms with Crippen molar-refractivity contribution in [2.45, 2.75) is 58.1 Å². The number of carbonyl (C=O) groups is 1. The number of imidazole rings is 1. The van der Waals surface area contributed by atoms with Gasteiger partial charge in [0, 0.05) is 45.2 Å². The van der Waals surface area contributed by atoms with E-state index in [-0.39, 0.29) is 11.8 Å². The summed E-state index contributed by atoms with van der Waals surface area (Å²) in [5.41, 5.74) is 4.15. The number of H-pyrrole nitrogens is 1. The maximum atomic E-state index is 13.1. The number of nitrogens with one attached hydrogen (secondary N) is 1. The fourth-order valence-corrected chi connectivity index (χ4v) is 5.24. The first-order valence-corrected chi connectivity index (χ1v) is 11.6. The first-order chi connectivity index (χ1) is 15.0. The molecular weight excluding hydrogens is 392 g/mol. The molecule has 7 nitrogen and oxygen atoms in total. The molecule has 0 aliphatic carbocycles. The van der Waals surface area contributed by atoms with Crippen molar-refractivity contribution < 1.29 is 14.3 Å². The van der Waals surface area contributed by atoms with Crippen LogP contribution in [0.3, 0.4) is 0 Å². The topological polar surface area (TPSA) is 70.7 Å². The Labute approximate surface area is 185 Å². The van der Waals surface area contributed by atoms with Crippen LogP contribution in [0.1, 0.15) is 43.7 Å². The van der Waals surface area contributed by atoms with Gasteiger partial charge in [-0.25, -0.2) is 0 Å². The number of aromatic nitrogens is 2. The number of aromatic amines is 1. The lowest BCUT2D eigenvalue weighted by Crippen LogP contribution is -2.50. The molecular formula is C24H36N4O3. The van der Waals surface area contributed by atoms with E-state index in [9.17, 15) is 4.79 Å². The number of fused-ring (bicyclic) bond motifs is 1. The largest absolute Gasteiger partial charge is 0.468 e. The lowest BCUT2D eigenvalue weighted by molar-refractivity contribution is -0.136. The number of aryl methyl sites for hydroxylation is 1. The second kappa shape index (κ2) is 9.57. The quantitative estimate of drug-likeness (QED) is 0.765. The summed E-state index contributed by atoms with van der Waals surface area (Å²) in [6, 6.07) is 5.37. The van der Waals surface area contributed by atoms with Gasteiger partial charge in [0.25, 0.3) is 6.01 Å². The molecule has 0 saturated carbocycles. The minimum Gasteiger partial charge on any atom is -0.468 e. The van der Waals surface area contributed by atoms with Crippen molar-refractivity contribution in [1.29, 1.82) is 0 Å². The van der Waals surface area contributed by atoms with Crippen molar-refractivity contribution in [3.63, 3.8) is 0 Å². The number of carbonyl (C=O) groups excluding carboxylic acids is 1. The Bertz CT molecular complexity index is 896. The molecule has 0 spiro atoms. The molecule has 2 fully saturated rings. The first kappa shape index (κ1) is 22.1. The minimum atomic E-state index is -0.0318. The number of hydrogen-bond donors (Lipinski definition) is 1. The summed E-state index contributed by atoms with van der Waals surface area (Å²) >= 11 is 0. The zero-order valence-corrected chi connectivity index (χ0v) is 19.3. The zero-order valence-electron chi connectivity index (χ0n) is 19.3. The number of rotatable bonds is 6. The number of amides is 1. The van der Waals surface area contributed by atoms with E-state index in [1.165, 1.54) is 0 Å². The van der Waals surface area contributed by atoms with Crippen molar-refractivity contribution in [2.24, 2.45) is 5.92 Å². The van der Waals surface area contributed by atoms with Gasteiger partial charge in [-0.2, -0.15) is 4.98 Å². The fraction of sp³-hybridized carbons (Fsp3) is 0.667. The number of ether oxygens (including phenoxy) is 2. The van der Waals surface area contributed by atoms with Crippen molar-refractivity contribution >= 4 is 16.9 Å². The minimum absolute atomic E-state index is 0.0318. The van der Waals surface area contributed by atoms with E-state index in [0.29, 0.717) is 18.2 Å². The third-order valence-corrected chi connectivity index (χ3v) is 7.07. The number of piperidine rings is 2. The van der Waals surface area contributed by atoms with E-state index in [4.69, 9.17) is 9.47 Å². The number of hydrogen-bond acceptors (Lipinski definition) is 5. The lowest BCUT2D eigenvalue weighted by Gasteiger charge is -2.42. The highest BCUT2D eigenvalue weighted by Gasteiger charge is 2.31. The van der Waals surface area contributed by atoms with Crippen LogP contribution in [0.2, 0.25) is 0 Å². The summed E-state index contributed by atoms with van der Waals surface area (Å²) in [5.74, 6) is 0.243. The number of benzene rings is 1. The third-order valence-electron chi connectivity index (χ3n) is 7.07. The molecule has 1 atom stereocenters. The van der Waals surface area contributed by atoms with Crippen LogP contribution in [-0.2, 0) is 16.0 Å². The molecule has 31 heavy (non-hydrogen) atoms.